The van der Waals surface area contributed by atoms with Gasteiger partial charge in [0.1, 0.15) is 23.1 Å². The van der Waals surface area contributed by atoms with E-state index in [2.05, 4.69) is 10.3 Å². The van der Waals surface area contributed by atoms with Gasteiger partial charge in [-0.3, -0.25) is 9.59 Å². The van der Waals surface area contributed by atoms with Gasteiger partial charge in [0, 0.05) is 31.1 Å². The third kappa shape index (κ3) is 4.98. The largest absolute Gasteiger partial charge is 0.497 e. The van der Waals surface area contributed by atoms with Gasteiger partial charge in [0.25, 0.3) is 5.91 Å². The summed E-state index contributed by atoms with van der Waals surface area (Å²) in [4.78, 5) is 27.6. The molecular weight excluding hydrogens is 404 g/mol. The molecule has 2 heterocycles. The minimum absolute atomic E-state index is 0.108. The van der Waals surface area contributed by atoms with Crippen LogP contribution in [0.4, 0.5) is 0 Å². The zero-order valence-electron chi connectivity index (χ0n) is 17.1. The summed E-state index contributed by atoms with van der Waals surface area (Å²) in [6.07, 6.45) is 0. The number of primary amides is 1. The fourth-order valence-electron chi connectivity index (χ4n) is 3.05. The molecule has 1 aromatic carbocycles. The summed E-state index contributed by atoms with van der Waals surface area (Å²) in [6, 6.07) is 9.08. The number of amides is 2. The third-order valence-corrected chi connectivity index (χ3v) is 5.40. The molecule has 0 spiro atoms. The molecule has 0 fully saturated rings. The molecule has 0 aliphatic carbocycles. The number of aromatic nitrogens is 2. The molecular formula is C21H24N4O4S. The van der Waals surface area contributed by atoms with Crippen LogP contribution in [-0.4, -0.2) is 35.0 Å². The second kappa shape index (κ2) is 9.45. The van der Waals surface area contributed by atoms with Gasteiger partial charge in [0.2, 0.25) is 5.91 Å². The highest BCUT2D eigenvalue weighted by Crippen LogP contribution is 2.28. The van der Waals surface area contributed by atoms with Crippen LogP contribution in [0, 0.1) is 6.92 Å². The maximum Gasteiger partial charge on any atom is 0.250 e. The van der Waals surface area contributed by atoms with Gasteiger partial charge in [-0.1, -0.05) is 0 Å². The predicted octanol–water partition coefficient (Wildman–Crippen LogP) is 2.74. The Balaban J connectivity index is 1.77. The van der Waals surface area contributed by atoms with Crippen molar-refractivity contribution in [2.24, 2.45) is 5.73 Å². The van der Waals surface area contributed by atoms with Crippen molar-refractivity contribution in [3.05, 3.63) is 52.0 Å². The van der Waals surface area contributed by atoms with Crippen molar-refractivity contribution < 1.29 is 19.1 Å². The van der Waals surface area contributed by atoms with Crippen molar-refractivity contribution in [2.45, 2.75) is 27.0 Å². The summed E-state index contributed by atoms with van der Waals surface area (Å²) in [5, 5.41) is 5.49. The molecule has 0 radical (unpaired) electrons. The first-order chi connectivity index (χ1) is 14.4. The van der Waals surface area contributed by atoms with Crippen LogP contribution in [0.5, 0.6) is 11.5 Å². The lowest BCUT2D eigenvalue weighted by Gasteiger charge is -2.11. The van der Waals surface area contributed by atoms with Crippen molar-refractivity contribution in [1.82, 2.24) is 14.9 Å². The van der Waals surface area contributed by atoms with E-state index in [-0.39, 0.29) is 5.91 Å². The van der Waals surface area contributed by atoms with E-state index < -0.39 is 5.91 Å². The lowest BCUT2D eigenvalue weighted by molar-refractivity contribution is -0.118. The molecule has 9 heteroatoms. The molecule has 2 amide bonds. The summed E-state index contributed by atoms with van der Waals surface area (Å²) in [7, 11) is 1.62. The van der Waals surface area contributed by atoms with Crippen LogP contribution in [0.1, 0.15) is 28.0 Å². The molecule has 8 nitrogen and oxygen atoms in total. The monoisotopic (exact) mass is 428 g/mol. The van der Waals surface area contributed by atoms with E-state index in [1.54, 1.807) is 13.2 Å². The number of benzene rings is 1. The third-order valence-electron chi connectivity index (χ3n) is 4.58. The Morgan fingerprint density at radius 2 is 1.93 bits per heavy atom. The molecule has 30 heavy (non-hydrogen) atoms. The Bertz CT molecular complexity index is 1040. The minimum atomic E-state index is -0.495. The Hall–Kier alpha value is -3.33. The van der Waals surface area contributed by atoms with Gasteiger partial charge in [0.05, 0.1) is 24.1 Å². The second-order valence-electron chi connectivity index (χ2n) is 6.62. The number of methoxy groups -OCH3 is 1. The van der Waals surface area contributed by atoms with Gasteiger partial charge >= 0.3 is 0 Å². The number of carbonyl (C=O) groups excluding carboxylic acids is 2. The maximum absolute atomic E-state index is 11.8. The van der Waals surface area contributed by atoms with Crippen LogP contribution in [0.2, 0.25) is 0 Å². The van der Waals surface area contributed by atoms with Crippen molar-refractivity contribution in [1.29, 1.82) is 0 Å². The number of nitrogens with two attached hydrogens (primary N) is 1. The van der Waals surface area contributed by atoms with Gasteiger partial charge < -0.3 is 25.1 Å². The zero-order valence-corrected chi connectivity index (χ0v) is 17.9. The Morgan fingerprint density at radius 3 is 2.57 bits per heavy atom. The van der Waals surface area contributed by atoms with Crippen molar-refractivity contribution in [3.63, 3.8) is 0 Å². The molecule has 0 bridgehead atoms. The number of hydrogen-bond donors (Lipinski definition) is 2. The predicted molar refractivity (Wildman–Crippen MR) is 115 cm³/mol. The number of hydrogen-bond acceptors (Lipinski definition) is 6. The first-order valence-corrected chi connectivity index (χ1v) is 10.2. The lowest BCUT2D eigenvalue weighted by atomic mass is 10.2. The highest BCUT2D eigenvalue weighted by molar-refractivity contribution is 7.09. The number of thiazole rings is 1. The van der Waals surface area contributed by atoms with Crippen LogP contribution in [0.15, 0.2) is 35.7 Å². The van der Waals surface area contributed by atoms with Crippen LogP contribution in [0.25, 0.3) is 11.4 Å². The summed E-state index contributed by atoms with van der Waals surface area (Å²) in [5.41, 5.74) is 8.21. The van der Waals surface area contributed by atoms with Gasteiger partial charge in [-0.05, 0) is 37.3 Å². The van der Waals surface area contributed by atoms with Crippen LogP contribution in [0.3, 0.4) is 0 Å². The molecule has 3 rings (SSSR count). The van der Waals surface area contributed by atoms with Gasteiger partial charge in [-0.2, -0.15) is 0 Å². The van der Waals surface area contributed by atoms with Gasteiger partial charge in [-0.25, -0.2) is 4.98 Å². The number of nitrogens with zero attached hydrogens (tertiary/aromatic N) is 2. The smallest absolute Gasteiger partial charge is 0.250 e. The molecule has 3 N–H and O–H groups in total. The molecule has 0 aliphatic heterocycles. The molecule has 0 saturated carbocycles. The Labute approximate surface area is 178 Å². The topological polar surface area (TPSA) is 108 Å². The number of nitrogens with one attached hydrogen (secondary N) is 1. The van der Waals surface area contributed by atoms with E-state index in [0.717, 1.165) is 33.6 Å². The normalized spacial score (nSPS) is 10.6. The Morgan fingerprint density at radius 1 is 1.23 bits per heavy atom. The second-order valence-corrected chi connectivity index (χ2v) is 7.56. The average molecular weight is 429 g/mol. The maximum atomic E-state index is 11.8. The molecule has 0 saturated heterocycles. The zero-order chi connectivity index (χ0) is 21.7. The van der Waals surface area contributed by atoms with Crippen LogP contribution < -0.4 is 20.5 Å². The highest BCUT2D eigenvalue weighted by atomic mass is 32.1. The number of ether oxygens (including phenoxy) is 2. The Kier molecular flexibility index (Phi) is 6.73. The minimum Gasteiger partial charge on any atom is -0.497 e. The van der Waals surface area contributed by atoms with Crippen molar-refractivity contribution in [2.75, 3.05) is 13.7 Å². The molecule has 3 aromatic rings. The highest BCUT2D eigenvalue weighted by Gasteiger charge is 2.18. The number of rotatable bonds is 9. The summed E-state index contributed by atoms with van der Waals surface area (Å²) >= 11 is 1.47. The fraction of sp³-hybridized carbons (Fsp3) is 0.286. The van der Waals surface area contributed by atoms with E-state index in [0.29, 0.717) is 25.3 Å². The summed E-state index contributed by atoms with van der Waals surface area (Å²) in [5.74, 6) is 0.881. The van der Waals surface area contributed by atoms with Gasteiger partial charge in [-0.15, -0.1) is 11.3 Å². The van der Waals surface area contributed by atoms with E-state index >= 15 is 0 Å². The SMILES string of the molecule is COc1ccc(OCc2nc(-c3cc(C(N)=O)c(C)n3CCNC(C)=O)cs2)cc1. The van der Waals surface area contributed by atoms with Crippen LogP contribution in [-0.2, 0) is 17.9 Å². The van der Waals surface area contributed by atoms with Crippen LogP contribution >= 0.6 is 11.3 Å². The quantitative estimate of drug-likeness (QED) is 0.545. The standard InChI is InChI=1S/C21H24N4O4S/c1-13-17(21(22)27)10-19(25(13)9-8-23-14(2)26)18-12-30-20(24-18)11-29-16-6-4-15(28-3)5-7-16/h4-7,10,12H,8-9,11H2,1-3H3,(H2,22,27)(H,23,26). The first kappa shape index (κ1) is 21.4. The molecule has 0 atom stereocenters. The van der Waals surface area contributed by atoms with E-state index in [9.17, 15) is 9.59 Å². The van der Waals surface area contributed by atoms with Crippen molar-refractivity contribution >= 4 is 23.2 Å². The van der Waals surface area contributed by atoms with Gasteiger partial charge in [0.15, 0.2) is 0 Å². The molecule has 0 unspecified atom stereocenters. The van der Waals surface area contributed by atoms with E-state index in [4.69, 9.17) is 15.2 Å². The summed E-state index contributed by atoms with van der Waals surface area (Å²) in [6.45, 7) is 4.56. The first-order valence-electron chi connectivity index (χ1n) is 9.35. The number of carbonyl (C=O) groups is 2. The lowest BCUT2D eigenvalue weighted by Crippen LogP contribution is -2.25. The molecule has 158 valence electrons. The van der Waals surface area contributed by atoms with E-state index in [1.165, 1.54) is 18.3 Å². The fourth-order valence-corrected chi connectivity index (χ4v) is 3.75. The van der Waals surface area contributed by atoms with E-state index in [1.807, 2.05) is 41.1 Å². The van der Waals surface area contributed by atoms with Crippen molar-refractivity contribution in [3.8, 4) is 22.9 Å². The molecule has 2 aromatic heterocycles. The summed E-state index contributed by atoms with van der Waals surface area (Å²) < 4.78 is 12.9. The molecule has 0 aliphatic rings. The average Bonchev–Trinajstić information content (AvgIpc) is 3.31.